The summed E-state index contributed by atoms with van der Waals surface area (Å²) in [4.78, 5) is 19.7. The average Bonchev–Trinajstić information content (AvgIpc) is 3.36. The van der Waals surface area contributed by atoms with Gasteiger partial charge in [0.15, 0.2) is 0 Å². The first-order valence-corrected chi connectivity index (χ1v) is 10.8. The maximum Gasteiger partial charge on any atom is 0.223 e. The molecule has 0 spiro atoms. The summed E-state index contributed by atoms with van der Waals surface area (Å²) in [6, 6.07) is 28.7. The lowest BCUT2D eigenvalue weighted by atomic mass is 10.1. The van der Waals surface area contributed by atoms with Gasteiger partial charge in [-0.3, -0.25) is 4.79 Å². The van der Waals surface area contributed by atoms with Crippen LogP contribution in [0.15, 0.2) is 91.0 Å². The lowest BCUT2D eigenvalue weighted by Crippen LogP contribution is -2.24. The van der Waals surface area contributed by atoms with Gasteiger partial charge in [-0.05, 0) is 23.3 Å². The molecular formula is C27H25N3O. The first-order valence-electron chi connectivity index (χ1n) is 10.8. The molecule has 0 radical (unpaired) electrons. The lowest BCUT2D eigenvalue weighted by molar-refractivity contribution is -0.128. The minimum Gasteiger partial charge on any atom is -0.338 e. The van der Waals surface area contributed by atoms with Gasteiger partial charge in [-0.15, -0.1) is 0 Å². The molecule has 0 saturated carbocycles. The highest BCUT2D eigenvalue weighted by atomic mass is 16.2. The summed E-state index contributed by atoms with van der Waals surface area (Å²) < 4.78 is 2.26. The van der Waals surface area contributed by atoms with Crippen molar-refractivity contribution in [2.75, 3.05) is 6.54 Å². The molecule has 1 aliphatic rings. The zero-order chi connectivity index (χ0) is 21.0. The molecule has 0 N–H and O–H groups in total. The van der Waals surface area contributed by atoms with E-state index in [0.717, 1.165) is 29.0 Å². The molecule has 1 fully saturated rings. The fraction of sp³-hybridized carbons (Fsp3) is 0.185. The second-order valence-corrected chi connectivity index (χ2v) is 8.04. The standard InChI is InChI=1S/C27H25N3O/c31-26-18-23(20-29(26)19-22-12-5-2-6-13-22)27-28-24-15-7-8-16-25(24)30(27)17-9-14-21-10-3-1-4-11-21/h1-16,23H,17-20H2. The minimum atomic E-state index is 0.105. The molecule has 4 nitrogen and oxygen atoms in total. The van der Waals surface area contributed by atoms with E-state index in [9.17, 15) is 4.79 Å². The Labute approximate surface area is 182 Å². The van der Waals surface area contributed by atoms with Gasteiger partial charge < -0.3 is 9.47 Å². The molecule has 1 aliphatic heterocycles. The highest BCUT2D eigenvalue weighted by molar-refractivity contribution is 5.81. The van der Waals surface area contributed by atoms with Gasteiger partial charge in [-0.1, -0.05) is 84.9 Å². The Kier molecular flexibility index (Phi) is 5.36. The third-order valence-electron chi connectivity index (χ3n) is 5.88. The van der Waals surface area contributed by atoms with Gasteiger partial charge in [0.2, 0.25) is 5.91 Å². The third-order valence-corrected chi connectivity index (χ3v) is 5.88. The number of imidazole rings is 1. The molecule has 31 heavy (non-hydrogen) atoms. The largest absolute Gasteiger partial charge is 0.338 e. The van der Waals surface area contributed by atoms with Gasteiger partial charge in [0, 0.05) is 32.0 Å². The van der Waals surface area contributed by atoms with E-state index in [4.69, 9.17) is 4.98 Å². The van der Waals surface area contributed by atoms with Crippen molar-refractivity contribution in [3.8, 4) is 0 Å². The zero-order valence-electron chi connectivity index (χ0n) is 17.4. The molecule has 1 atom stereocenters. The minimum absolute atomic E-state index is 0.105. The van der Waals surface area contributed by atoms with Crippen LogP contribution in [0, 0.1) is 0 Å². The molecule has 1 unspecified atom stereocenters. The monoisotopic (exact) mass is 407 g/mol. The molecule has 1 aromatic heterocycles. The van der Waals surface area contributed by atoms with Gasteiger partial charge in [0.05, 0.1) is 11.0 Å². The summed E-state index contributed by atoms with van der Waals surface area (Å²) in [5.41, 5.74) is 4.44. The van der Waals surface area contributed by atoms with Crippen LogP contribution in [-0.2, 0) is 17.9 Å². The number of hydrogen-bond acceptors (Lipinski definition) is 2. The number of likely N-dealkylation sites (tertiary alicyclic amines) is 1. The Balaban J connectivity index is 1.41. The Morgan fingerprint density at radius 3 is 2.42 bits per heavy atom. The molecule has 4 aromatic rings. The van der Waals surface area contributed by atoms with Crippen molar-refractivity contribution in [1.82, 2.24) is 14.5 Å². The van der Waals surface area contributed by atoms with Crippen molar-refractivity contribution < 1.29 is 4.79 Å². The molecule has 2 heterocycles. The maximum absolute atomic E-state index is 12.8. The van der Waals surface area contributed by atoms with Gasteiger partial charge in [0.25, 0.3) is 0 Å². The number of amides is 1. The van der Waals surface area contributed by atoms with E-state index in [1.807, 2.05) is 53.4 Å². The predicted molar refractivity (Wildman–Crippen MR) is 124 cm³/mol. The fourth-order valence-electron chi connectivity index (χ4n) is 4.36. The van der Waals surface area contributed by atoms with Gasteiger partial charge in [-0.25, -0.2) is 4.98 Å². The van der Waals surface area contributed by atoms with Crippen LogP contribution >= 0.6 is 0 Å². The van der Waals surface area contributed by atoms with Crippen molar-refractivity contribution in [3.63, 3.8) is 0 Å². The number of hydrogen-bond donors (Lipinski definition) is 0. The summed E-state index contributed by atoms with van der Waals surface area (Å²) in [5, 5.41) is 0. The highest BCUT2D eigenvalue weighted by Crippen LogP contribution is 2.31. The van der Waals surface area contributed by atoms with E-state index >= 15 is 0 Å². The van der Waals surface area contributed by atoms with Crippen LogP contribution in [-0.4, -0.2) is 26.9 Å². The zero-order valence-corrected chi connectivity index (χ0v) is 17.4. The van der Waals surface area contributed by atoms with Crippen molar-refractivity contribution in [2.45, 2.75) is 25.4 Å². The van der Waals surface area contributed by atoms with E-state index in [-0.39, 0.29) is 11.8 Å². The maximum atomic E-state index is 12.8. The van der Waals surface area contributed by atoms with E-state index in [1.54, 1.807) is 0 Å². The van der Waals surface area contributed by atoms with Crippen molar-refractivity contribution >= 4 is 23.0 Å². The summed E-state index contributed by atoms with van der Waals surface area (Å²) in [6.07, 6.45) is 4.82. The summed E-state index contributed by atoms with van der Waals surface area (Å²) >= 11 is 0. The van der Waals surface area contributed by atoms with Gasteiger partial charge in [-0.2, -0.15) is 0 Å². The summed E-state index contributed by atoms with van der Waals surface area (Å²) in [7, 11) is 0. The molecule has 0 bridgehead atoms. The third kappa shape index (κ3) is 4.15. The smallest absolute Gasteiger partial charge is 0.223 e. The van der Waals surface area contributed by atoms with Crippen LogP contribution in [0.25, 0.3) is 17.1 Å². The van der Waals surface area contributed by atoms with Gasteiger partial charge in [0.1, 0.15) is 5.82 Å². The first-order chi connectivity index (χ1) is 15.3. The van der Waals surface area contributed by atoms with Gasteiger partial charge >= 0.3 is 0 Å². The van der Waals surface area contributed by atoms with Crippen LogP contribution in [0.5, 0.6) is 0 Å². The predicted octanol–water partition coefficient (Wildman–Crippen LogP) is 5.27. The van der Waals surface area contributed by atoms with E-state index in [0.29, 0.717) is 19.5 Å². The number of carbonyl (C=O) groups is 1. The van der Waals surface area contributed by atoms with Crippen LogP contribution in [0.3, 0.4) is 0 Å². The number of carbonyl (C=O) groups excluding carboxylic acids is 1. The molecule has 5 rings (SSSR count). The Hall–Kier alpha value is -3.66. The number of benzene rings is 3. The average molecular weight is 408 g/mol. The summed E-state index contributed by atoms with van der Waals surface area (Å²) in [5.74, 6) is 1.31. The van der Waals surface area contributed by atoms with E-state index in [2.05, 4.69) is 53.1 Å². The first kappa shape index (κ1) is 19.3. The van der Waals surface area contributed by atoms with Crippen molar-refractivity contribution in [2.24, 2.45) is 0 Å². The van der Waals surface area contributed by atoms with E-state index in [1.165, 1.54) is 5.56 Å². The number of nitrogens with zero attached hydrogens (tertiary/aromatic N) is 3. The molecule has 3 aromatic carbocycles. The summed E-state index contributed by atoms with van der Waals surface area (Å²) in [6.45, 7) is 2.10. The molecule has 0 aliphatic carbocycles. The van der Waals surface area contributed by atoms with Crippen LogP contribution < -0.4 is 0 Å². The van der Waals surface area contributed by atoms with E-state index < -0.39 is 0 Å². The lowest BCUT2D eigenvalue weighted by Gasteiger charge is -2.17. The number of para-hydroxylation sites is 2. The Morgan fingerprint density at radius 1 is 0.903 bits per heavy atom. The normalized spacial score (nSPS) is 16.6. The molecule has 1 amide bonds. The number of rotatable bonds is 6. The Bertz CT molecular complexity index is 1210. The molecular weight excluding hydrogens is 382 g/mol. The quantitative estimate of drug-likeness (QED) is 0.437. The molecule has 154 valence electrons. The second kappa shape index (κ2) is 8.60. The Morgan fingerprint density at radius 2 is 1.61 bits per heavy atom. The SMILES string of the molecule is O=C1CC(c2nc3ccccc3n2CC=Cc2ccccc2)CN1Cc1ccccc1. The highest BCUT2D eigenvalue weighted by Gasteiger charge is 2.33. The number of aromatic nitrogens is 2. The fourth-order valence-corrected chi connectivity index (χ4v) is 4.36. The van der Waals surface area contributed by atoms with Crippen molar-refractivity contribution in [1.29, 1.82) is 0 Å². The van der Waals surface area contributed by atoms with Crippen LogP contribution in [0.2, 0.25) is 0 Å². The van der Waals surface area contributed by atoms with Crippen molar-refractivity contribution in [3.05, 3.63) is 108 Å². The number of allylic oxidation sites excluding steroid dienone is 1. The second-order valence-electron chi connectivity index (χ2n) is 8.04. The topological polar surface area (TPSA) is 38.1 Å². The van der Waals surface area contributed by atoms with Crippen LogP contribution in [0.1, 0.15) is 29.3 Å². The molecule has 4 heteroatoms. The molecule has 1 saturated heterocycles. The van der Waals surface area contributed by atoms with Crippen LogP contribution in [0.4, 0.5) is 0 Å². The number of fused-ring (bicyclic) bond motifs is 1.